The summed E-state index contributed by atoms with van der Waals surface area (Å²) in [5, 5.41) is 0.245. The number of rotatable bonds is 3. The summed E-state index contributed by atoms with van der Waals surface area (Å²) in [6, 6.07) is 2.79. The van der Waals surface area contributed by atoms with Crippen LogP contribution in [0.4, 0.5) is 4.39 Å². The molecule has 0 saturated heterocycles. The fraction of sp³-hybridized carbons (Fsp3) is 0.300. The summed E-state index contributed by atoms with van der Waals surface area (Å²) < 4.78 is 18.1. The van der Waals surface area contributed by atoms with E-state index in [-0.39, 0.29) is 15.9 Å². The molecule has 2 nitrogen and oxygen atoms in total. The van der Waals surface area contributed by atoms with Crippen LogP contribution in [-0.4, -0.2) is 12.6 Å². The van der Waals surface area contributed by atoms with Gasteiger partial charge in [0, 0.05) is 0 Å². The maximum atomic E-state index is 13.2. The Kier molecular flexibility index (Phi) is 4.54. The van der Waals surface area contributed by atoms with Crippen LogP contribution >= 0.6 is 27.5 Å². The van der Waals surface area contributed by atoms with E-state index in [4.69, 9.17) is 16.3 Å². The Morgan fingerprint density at radius 1 is 1.60 bits per heavy atom. The predicted molar refractivity (Wildman–Crippen MR) is 59.4 cm³/mol. The van der Waals surface area contributed by atoms with Crippen LogP contribution in [0.3, 0.4) is 0 Å². The highest BCUT2D eigenvalue weighted by molar-refractivity contribution is 9.10. The zero-order chi connectivity index (χ0) is 11.4. The Morgan fingerprint density at radius 2 is 2.27 bits per heavy atom. The van der Waals surface area contributed by atoms with Crippen LogP contribution in [-0.2, 0) is 16.0 Å². The van der Waals surface area contributed by atoms with Crippen molar-refractivity contribution in [2.45, 2.75) is 13.3 Å². The molecule has 0 spiro atoms. The summed E-state index contributed by atoms with van der Waals surface area (Å²) in [6.45, 7) is 2.03. The quantitative estimate of drug-likeness (QED) is 0.631. The Hall–Kier alpha value is -0.610. The lowest BCUT2D eigenvalue weighted by molar-refractivity contribution is -0.142. The molecule has 0 radical (unpaired) electrons. The van der Waals surface area contributed by atoms with Crippen molar-refractivity contribution >= 4 is 33.5 Å². The van der Waals surface area contributed by atoms with E-state index < -0.39 is 11.8 Å². The average molecular weight is 296 g/mol. The lowest BCUT2D eigenvalue weighted by atomic mass is 10.1. The van der Waals surface area contributed by atoms with Crippen molar-refractivity contribution in [3.8, 4) is 0 Å². The Bertz CT molecular complexity index is 359. The third kappa shape index (κ3) is 3.47. The van der Waals surface area contributed by atoms with Gasteiger partial charge in [-0.15, -0.1) is 0 Å². The molecule has 0 aliphatic rings. The van der Waals surface area contributed by atoms with Gasteiger partial charge in [-0.3, -0.25) is 4.79 Å². The fourth-order valence-electron chi connectivity index (χ4n) is 1.09. The van der Waals surface area contributed by atoms with Gasteiger partial charge >= 0.3 is 5.97 Å². The fourth-order valence-corrected chi connectivity index (χ4v) is 1.55. The van der Waals surface area contributed by atoms with Crippen LogP contribution in [0.15, 0.2) is 16.6 Å². The molecule has 0 fully saturated rings. The van der Waals surface area contributed by atoms with Crippen molar-refractivity contribution in [3.05, 3.63) is 33.0 Å². The van der Waals surface area contributed by atoms with E-state index in [1.54, 1.807) is 6.92 Å². The zero-order valence-electron chi connectivity index (χ0n) is 8.02. The number of carbonyl (C=O) groups excluding carboxylic acids is 1. The molecule has 0 aromatic heterocycles. The molecule has 0 N–H and O–H groups in total. The van der Waals surface area contributed by atoms with Crippen molar-refractivity contribution in [1.82, 2.24) is 0 Å². The highest BCUT2D eigenvalue weighted by Crippen LogP contribution is 2.27. The first-order valence-corrected chi connectivity index (χ1v) is 5.50. The topological polar surface area (TPSA) is 26.3 Å². The van der Waals surface area contributed by atoms with Crippen LogP contribution in [0.25, 0.3) is 0 Å². The largest absolute Gasteiger partial charge is 0.466 e. The Labute approximate surface area is 101 Å². The number of ether oxygens (including phenoxy) is 1. The van der Waals surface area contributed by atoms with Crippen molar-refractivity contribution in [1.29, 1.82) is 0 Å². The minimum Gasteiger partial charge on any atom is -0.466 e. The molecule has 5 heteroatoms. The minimum absolute atomic E-state index is 0.0256. The molecule has 0 aliphatic carbocycles. The lowest BCUT2D eigenvalue weighted by Gasteiger charge is -2.04. The molecule has 0 aliphatic heterocycles. The molecule has 0 saturated carbocycles. The van der Waals surface area contributed by atoms with Gasteiger partial charge in [0.2, 0.25) is 0 Å². The standard InChI is InChI=1S/C10H9BrClFO2/c1-2-15-9(14)5-6-3-7(12)10(11)8(13)4-6/h3-4H,2,5H2,1H3. The van der Waals surface area contributed by atoms with Crippen molar-refractivity contribution in [3.63, 3.8) is 0 Å². The van der Waals surface area contributed by atoms with Crippen LogP contribution < -0.4 is 0 Å². The minimum atomic E-state index is -0.484. The van der Waals surface area contributed by atoms with Crippen molar-refractivity contribution in [2.75, 3.05) is 6.61 Å². The molecular formula is C10H9BrClFO2. The first-order chi connectivity index (χ1) is 7.04. The van der Waals surface area contributed by atoms with Gasteiger partial charge in [-0.2, -0.15) is 0 Å². The molecule has 0 unspecified atom stereocenters. The number of hydrogen-bond acceptors (Lipinski definition) is 2. The van der Waals surface area contributed by atoms with E-state index in [0.717, 1.165) is 0 Å². The molecule has 0 atom stereocenters. The van der Waals surface area contributed by atoms with Crippen LogP contribution in [0.5, 0.6) is 0 Å². The van der Waals surface area contributed by atoms with Gasteiger partial charge in [0.25, 0.3) is 0 Å². The molecule has 1 aromatic carbocycles. The summed E-state index contributed by atoms with van der Waals surface area (Å²) >= 11 is 8.73. The number of carbonyl (C=O) groups is 1. The van der Waals surface area contributed by atoms with E-state index >= 15 is 0 Å². The van der Waals surface area contributed by atoms with E-state index in [1.807, 2.05) is 0 Å². The highest BCUT2D eigenvalue weighted by Gasteiger charge is 2.10. The maximum Gasteiger partial charge on any atom is 0.310 e. The second kappa shape index (κ2) is 5.47. The van der Waals surface area contributed by atoms with E-state index in [1.165, 1.54) is 12.1 Å². The Balaban J connectivity index is 2.83. The Morgan fingerprint density at radius 3 is 2.80 bits per heavy atom. The number of esters is 1. The SMILES string of the molecule is CCOC(=O)Cc1cc(F)c(Br)c(Cl)c1. The lowest BCUT2D eigenvalue weighted by Crippen LogP contribution is -2.07. The number of halogens is 3. The van der Waals surface area contributed by atoms with Gasteiger partial charge in [0.15, 0.2) is 0 Å². The maximum absolute atomic E-state index is 13.2. The molecule has 82 valence electrons. The van der Waals surface area contributed by atoms with Gasteiger partial charge in [-0.05, 0) is 40.5 Å². The van der Waals surface area contributed by atoms with Crippen molar-refractivity contribution < 1.29 is 13.9 Å². The van der Waals surface area contributed by atoms with E-state index in [9.17, 15) is 9.18 Å². The zero-order valence-corrected chi connectivity index (χ0v) is 10.4. The van der Waals surface area contributed by atoms with Gasteiger partial charge in [0.05, 0.1) is 22.5 Å². The molecule has 1 rings (SSSR count). The molecule has 0 amide bonds. The van der Waals surface area contributed by atoms with Crippen LogP contribution in [0, 0.1) is 5.82 Å². The van der Waals surface area contributed by atoms with Gasteiger partial charge in [-0.25, -0.2) is 4.39 Å². The monoisotopic (exact) mass is 294 g/mol. The highest BCUT2D eigenvalue weighted by atomic mass is 79.9. The van der Waals surface area contributed by atoms with E-state index in [2.05, 4.69) is 15.9 Å². The second-order valence-corrected chi connectivity index (χ2v) is 4.06. The smallest absolute Gasteiger partial charge is 0.310 e. The predicted octanol–water partition coefficient (Wildman–Crippen LogP) is 3.35. The van der Waals surface area contributed by atoms with Gasteiger partial charge < -0.3 is 4.74 Å². The third-order valence-electron chi connectivity index (χ3n) is 1.70. The normalized spacial score (nSPS) is 10.1. The molecule has 15 heavy (non-hydrogen) atoms. The van der Waals surface area contributed by atoms with Crippen molar-refractivity contribution in [2.24, 2.45) is 0 Å². The van der Waals surface area contributed by atoms with Crippen LogP contribution in [0.2, 0.25) is 5.02 Å². The molecular weight excluding hydrogens is 286 g/mol. The van der Waals surface area contributed by atoms with E-state index in [0.29, 0.717) is 12.2 Å². The van der Waals surface area contributed by atoms with Gasteiger partial charge in [0.1, 0.15) is 5.82 Å². The molecule has 0 heterocycles. The average Bonchev–Trinajstić information content (AvgIpc) is 2.14. The summed E-state index contributed by atoms with van der Waals surface area (Å²) in [5.74, 6) is -0.878. The summed E-state index contributed by atoms with van der Waals surface area (Å²) in [7, 11) is 0. The first kappa shape index (κ1) is 12.5. The molecule has 0 bridgehead atoms. The second-order valence-electron chi connectivity index (χ2n) is 2.86. The number of hydrogen-bond donors (Lipinski definition) is 0. The molecule has 1 aromatic rings. The number of benzene rings is 1. The summed E-state index contributed by atoms with van der Waals surface area (Å²) in [6.07, 6.45) is 0.0256. The summed E-state index contributed by atoms with van der Waals surface area (Å²) in [5.41, 5.74) is 0.499. The first-order valence-electron chi connectivity index (χ1n) is 4.33. The van der Waals surface area contributed by atoms with Crippen LogP contribution in [0.1, 0.15) is 12.5 Å². The van der Waals surface area contributed by atoms with Gasteiger partial charge in [-0.1, -0.05) is 11.6 Å². The summed E-state index contributed by atoms with van der Waals surface area (Å²) in [4.78, 5) is 11.1. The third-order valence-corrected chi connectivity index (χ3v) is 3.03.